The zero-order chi connectivity index (χ0) is 14.5. The molecule has 11 heteroatoms. The number of anilines is 3. The lowest BCUT2D eigenvalue weighted by atomic mass is 10.7. The van der Waals surface area contributed by atoms with Crippen molar-refractivity contribution in [2.45, 2.75) is 5.51 Å². The van der Waals surface area contributed by atoms with E-state index in [-0.39, 0.29) is 36.0 Å². The molecule has 0 aromatic carbocycles. The molecule has 7 nitrogen and oxygen atoms in total. The third kappa shape index (κ3) is 5.79. The highest BCUT2D eigenvalue weighted by Gasteiger charge is 2.27. The Hall–Kier alpha value is -1.49. The Morgan fingerprint density at radius 2 is 1.84 bits per heavy atom. The van der Waals surface area contributed by atoms with Crippen LogP contribution in [-0.2, 0) is 0 Å². The average Bonchev–Trinajstić information content (AvgIpc) is 2.33. The molecule has 0 aliphatic carbocycles. The van der Waals surface area contributed by atoms with Crippen molar-refractivity contribution in [3.05, 3.63) is 0 Å². The number of hydrogen-bond acceptors (Lipinski definition) is 8. The fraction of sp³-hybridized carbons (Fsp3) is 0.625. The van der Waals surface area contributed by atoms with Crippen LogP contribution in [0.2, 0.25) is 0 Å². The van der Waals surface area contributed by atoms with Gasteiger partial charge in [-0.05, 0) is 11.8 Å². The van der Waals surface area contributed by atoms with E-state index in [1.807, 2.05) is 0 Å². The third-order valence-corrected chi connectivity index (χ3v) is 2.54. The molecule has 1 heterocycles. The number of hydrazine groups is 1. The first-order chi connectivity index (χ1) is 8.81. The van der Waals surface area contributed by atoms with E-state index in [0.717, 1.165) is 0 Å². The summed E-state index contributed by atoms with van der Waals surface area (Å²) in [7, 11) is 3.44. The maximum absolute atomic E-state index is 11.9. The molecule has 108 valence electrons. The van der Waals surface area contributed by atoms with Gasteiger partial charge in [-0.2, -0.15) is 28.1 Å². The molecule has 0 saturated heterocycles. The number of aromatic nitrogens is 3. The second-order valence-electron chi connectivity index (χ2n) is 3.54. The Morgan fingerprint density at radius 3 is 2.37 bits per heavy atom. The Bertz CT molecular complexity index is 412. The first kappa shape index (κ1) is 15.6. The van der Waals surface area contributed by atoms with Crippen LogP contribution in [0, 0.1) is 0 Å². The maximum atomic E-state index is 11.9. The largest absolute Gasteiger partial charge is 0.441 e. The van der Waals surface area contributed by atoms with Crippen molar-refractivity contribution >= 4 is 29.6 Å². The molecule has 0 bridgehead atoms. The summed E-state index contributed by atoms with van der Waals surface area (Å²) in [5.74, 6) is 5.69. The van der Waals surface area contributed by atoms with Gasteiger partial charge in [-0.15, -0.1) is 0 Å². The van der Waals surface area contributed by atoms with Crippen molar-refractivity contribution in [2.75, 3.05) is 42.0 Å². The number of alkyl halides is 3. The van der Waals surface area contributed by atoms with Crippen molar-refractivity contribution in [2.24, 2.45) is 5.84 Å². The van der Waals surface area contributed by atoms with E-state index in [1.54, 1.807) is 19.0 Å². The fourth-order valence-corrected chi connectivity index (χ4v) is 1.47. The van der Waals surface area contributed by atoms with E-state index >= 15 is 0 Å². The Balaban J connectivity index is 2.60. The summed E-state index contributed by atoms with van der Waals surface area (Å²) in [6.07, 6.45) is 0. The molecule has 0 atom stereocenters. The molecule has 0 fully saturated rings. The smallest absolute Gasteiger partial charge is 0.353 e. The van der Waals surface area contributed by atoms with Crippen LogP contribution in [0.25, 0.3) is 0 Å². The highest BCUT2D eigenvalue weighted by Crippen LogP contribution is 2.29. The lowest BCUT2D eigenvalue weighted by molar-refractivity contribution is -0.0327. The van der Waals surface area contributed by atoms with Crippen molar-refractivity contribution in [1.82, 2.24) is 15.0 Å². The molecule has 0 radical (unpaired) electrons. The average molecular weight is 297 g/mol. The van der Waals surface area contributed by atoms with Crippen molar-refractivity contribution < 1.29 is 13.2 Å². The highest BCUT2D eigenvalue weighted by molar-refractivity contribution is 8.00. The standard InChI is InChI=1S/C8H14F3N7S/c1-18(2)7-15-5(14-6(16-7)17-12)13-3-4-19-8(9,10)11/h3-4,12H2,1-2H3,(H2,13,14,15,16,17). The normalized spacial score (nSPS) is 11.3. The van der Waals surface area contributed by atoms with Crippen LogP contribution >= 0.6 is 11.8 Å². The van der Waals surface area contributed by atoms with Crippen LogP contribution in [-0.4, -0.2) is 46.9 Å². The number of nitrogens with zero attached hydrogens (tertiary/aromatic N) is 4. The van der Waals surface area contributed by atoms with E-state index in [9.17, 15) is 13.2 Å². The lowest BCUT2D eigenvalue weighted by Gasteiger charge is -2.13. The summed E-state index contributed by atoms with van der Waals surface area (Å²) in [5, 5.41) is 2.68. The summed E-state index contributed by atoms with van der Waals surface area (Å²) in [6.45, 7) is 0.0745. The predicted octanol–water partition coefficient (Wildman–Crippen LogP) is 0.888. The lowest BCUT2D eigenvalue weighted by Crippen LogP contribution is -2.19. The van der Waals surface area contributed by atoms with Crippen LogP contribution in [0.5, 0.6) is 0 Å². The monoisotopic (exact) mass is 297 g/mol. The molecule has 1 aromatic heterocycles. The second kappa shape index (κ2) is 6.61. The second-order valence-corrected chi connectivity index (χ2v) is 4.70. The van der Waals surface area contributed by atoms with Crippen LogP contribution in [0.15, 0.2) is 0 Å². The Morgan fingerprint density at radius 1 is 1.21 bits per heavy atom. The SMILES string of the molecule is CN(C)c1nc(NN)nc(NCCSC(F)(F)F)n1. The Labute approximate surface area is 112 Å². The molecule has 1 rings (SSSR count). The van der Waals surface area contributed by atoms with E-state index in [2.05, 4.69) is 25.7 Å². The molecule has 0 amide bonds. The van der Waals surface area contributed by atoms with E-state index in [0.29, 0.717) is 5.95 Å². The predicted molar refractivity (Wildman–Crippen MR) is 69.0 cm³/mol. The molecule has 0 saturated carbocycles. The molecule has 0 aliphatic heterocycles. The van der Waals surface area contributed by atoms with Crippen LogP contribution in [0.3, 0.4) is 0 Å². The Kier molecular flexibility index (Phi) is 5.42. The molecular formula is C8H14F3N7S. The van der Waals surface area contributed by atoms with Gasteiger partial charge < -0.3 is 10.2 Å². The summed E-state index contributed by atoms with van der Waals surface area (Å²) in [6, 6.07) is 0. The number of nitrogens with two attached hydrogens (primary N) is 1. The minimum atomic E-state index is -4.24. The number of rotatable bonds is 6. The first-order valence-corrected chi connectivity index (χ1v) is 6.15. The van der Waals surface area contributed by atoms with E-state index in [4.69, 9.17) is 5.84 Å². The number of halogens is 3. The third-order valence-electron chi connectivity index (χ3n) is 1.80. The quantitative estimate of drug-likeness (QED) is 0.405. The van der Waals surface area contributed by atoms with Gasteiger partial charge in [0, 0.05) is 26.4 Å². The summed E-state index contributed by atoms with van der Waals surface area (Å²) in [5.41, 5.74) is -1.97. The summed E-state index contributed by atoms with van der Waals surface area (Å²) in [4.78, 5) is 13.5. The van der Waals surface area contributed by atoms with Crippen LogP contribution in [0.1, 0.15) is 0 Å². The zero-order valence-electron chi connectivity index (χ0n) is 10.3. The minimum absolute atomic E-state index is 0.0745. The fourth-order valence-electron chi connectivity index (χ4n) is 1.04. The number of nitrogen functional groups attached to an aromatic ring is 1. The summed E-state index contributed by atoms with van der Waals surface area (Å²) < 4.78 is 35.8. The first-order valence-electron chi connectivity index (χ1n) is 5.16. The van der Waals surface area contributed by atoms with Crippen molar-refractivity contribution in [3.8, 4) is 0 Å². The van der Waals surface area contributed by atoms with Gasteiger partial charge in [-0.1, -0.05) is 0 Å². The topological polar surface area (TPSA) is 92.0 Å². The molecule has 19 heavy (non-hydrogen) atoms. The molecular weight excluding hydrogens is 283 g/mol. The number of nitrogens with one attached hydrogen (secondary N) is 2. The van der Waals surface area contributed by atoms with E-state index in [1.165, 1.54) is 0 Å². The van der Waals surface area contributed by atoms with Gasteiger partial charge >= 0.3 is 5.51 Å². The van der Waals surface area contributed by atoms with Crippen molar-refractivity contribution in [1.29, 1.82) is 0 Å². The zero-order valence-corrected chi connectivity index (χ0v) is 11.1. The summed E-state index contributed by atoms with van der Waals surface area (Å²) >= 11 is -0.111. The molecule has 0 aliphatic rings. The molecule has 4 N–H and O–H groups in total. The van der Waals surface area contributed by atoms with Gasteiger partial charge in [0.15, 0.2) is 0 Å². The van der Waals surface area contributed by atoms with Gasteiger partial charge in [-0.3, -0.25) is 5.43 Å². The number of thioether (sulfide) groups is 1. The van der Waals surface area contributed by atoms with E-state index < -0.39 is 5.51 Å². The van der Waals surface area contributed by atoms with Crippen LogP contribution < -0.4 is 21.5 Å². The van der Waals surface area contributed by atoms with Gasteiger partial charge in [0.05, 0.1) is 0 Å². The molecule has 0 spiro atoms. The maximum Gasteiger partial charge on any atom is 0.441 e. The minimum Gasteiger partial charge on any atom is -0.353 e. The molecule has 1 aromatic rings. The van der Waals surface area contributed by atoms with Gasteiger partial charge in [0.25, 0.3) is 0 Å². The van der Waals surface area contributed by atoms with Gasteiger partial charge in [-0.25, -0.2) is 5.84 Å². The van der Waals surface area contributed by atoms with Gasteiger partial charge in [0.1, 0.15) is 0 Å². The highest BCUT2D eigenvalue weighted by atomic mass is 32.2. The number of hydrogen-bond donors (Lipinski definition) is 3. The van der Waals surface area contributed by atoms with Crippen LogP contribution in [0.4, 0.5) is 31.0 Å². The van der Waals surface area contributed by atoms with Crippen molar-refractivity contribution in [3.63, 3.8) is 0 Å². The molecule has 0 unspecified atom stereocenters. The van der Waals surface area contributed by atoms with Gasteiger partial charge in [0.2, 0.25) is 17.8 Å².